The van der Waals surface area contributed by atoms with Crippen LogP contribution in [0, 0.1) is 11.8 Å². The molecule has 2 rings (SSSR count). The smallest absolute Gasteiger partial charge is 0.338 e. The van der Waals surface area contributed by atoms with Gasteiger partial charge in [-0.25, -0.2) is 4.79 Å². The van der Waals surface area contributed by atoms with Crippen LogP contribution >= 0.6 is 0 Å². The molecule has 1 unspecified atom stereocenters. The van der Waals surface area contributed by atoms with Gasteiger partial charge in [0.25, 0.3) is 0 Å². The van der Waals surface area contributed by atoms with Crippen molar-refractivity contribution >= 4 is 5.97 Å². The minimum atomic E-state index is -1.94. The van der Waals surface area contributed by atoms with Crippen molar-refractivity contribution in [3.63, 3.8) is 0 Å². The van der Waals surface area contributed by atoms with Gasteiger partial charge in [-0.05, 0) is 76.5 Å². The summed E-state index contributed by atoms with van der Waals surface area (Å²) in [5.41, 5.74) is -1.94. The summed E-state index contributed by atoms with van der Waals surface area (Å²) in [5, 5.41) is 21.6. The number of aliphatic carboxylic acids is 1. The number of carboxylic acids is 1. The van der Waals surface area contributed by atoms with E-state index in [4.69, 9.17) is 9.47 Å². The Kier molecular flexibility index (Phi) is 12.5. The first-order valence-corrected chi connectivity index (χ1v) is 12.6. The molecule has 1 saturated heterocycles. The maximum absolute atomic E-state index is 12.4. The van der Waals surface area contributed by atoms with Crippen LogP contribution in [0.2, 0.25) is 0 Å². The van der Waals surface area contributed by atoms with Gasteiger partial charge in [-0.3, -0.25) is 4.39 Å². The standard InChI is InChI=1S/C26H43FO5/c1-2-3-8-14-23(32-24-15-10-12-19-31-24)26(30,25(28)29)22-17-16-21(20-22)13-9-6-4-5-7-11-18-27/h3,8-9,13,21-24,30H,2,4-7,10-12,14-20H2,1H3,(H,28,29)/t21-,22+,23-,24?,26-/m1/s1. The number of allylic oxidation sites excluding steroid dienone is 3. The Bertz CT molecular complexity index is 587. The summed E-state index contributed by atoms with van der Waals surface area (Å²) in [5.74, 6) is -1.29. The molecule has 2 N–H and O–H groups in total. The average molecular weight is 455 g/mol. The molecule has 1 heterocycles. The second-order valence-corrected chi connectivity index (χ2v) is 9.26. The highest BCUT2D eigenvalue weighted by Gasteiger charge is 2.53. The normalized spacial score (nSPS) is 27.2. The summed E-state index contributed by atoms with van der Waals surface area (Å²) in [6, 6.07) is 0. The van der Waals surface area contributed by atoms with E-state index in [1.165, 1.54) is 0 Å². The summed E-state index contributed by atoms with van der Waals surface area (Å²) in [6.07, 6.45) is 17.6. The van der Waals surface area contributed by atoms with Crippen LogP contribution in [-0.4, -0.2) is 47.5 Å². The first-order valence-electron chi connectivity index (χ1n) is 12.6. The SMILES string of the molecule is CCC=CC[C@@H](OC1CCCCO1)[C@@](O)(C(=O)O)[C@H]1CC[C@@H](C=CCCCCCCF)C1. The molecule has 1 aliphatic heterocycles. The van der Waals surface area contributed by atoms with Gasteiger partial charge in [-0.15, -0.1) is 0 Å². The van der Waals surface area contributed by atoms with E-state index in [2.05, 4.69) is 12.2 Å². The van der Waals surface area contributed by atoms with Crippen molar-refractivity contribution in [3.8, 4) is 0 Å². The molecule has 0 radical (unpaired) electrons. The van der Waals surface area contributed by atoms with Gasteiger partial charge in [0.05, 0.1) is 6.67 Å². The zero-order valence-corrected chi connectivity index (χ0v) is 19.7. The third kappa shape index (κ3) is 8.27. The van der Waals surface area contributed by atoms with Gasteiger partial charge in [0.1, 0.15) is 6.10 Å². The van der Waals surface area contributed by atoms with Gasteiger partial charge in [0.2, 0.25) is 0 Å². The first-order chi connectivity index (χ1) is 15.5. The lowest BCUT2D eigenvalue weighted by Gasteiger charge is -2.39. The Hall–Kier alpha value is -1.24. The van der Waals surface area contributed by atoms with Crippen LogP contribution in [0.15, 0.2) is 24.3 Å². The Morgan fingerprint density at radius 1 is 1.16 bits per heavy atom. The maximum Gasteiger partial charge on any atom is 0.338 e. The minimum absolute atomic E-state index is 0.238. The number of halogens is 1. The fourth-order valence-corrected chi connectivity index (χ4v) is 4.89. The third-order valence-corrected chi connectivity index (χ3v) is 6.80. The molecule has 0 spiro atoms. The van der Waals surface area contributed by atoms with E-state index < -0.39 is 24.0 Å². The predicted octanol–water partition coefficient (Wildman–Crippen LogP) is 5.96. The summed E-state index contributed by atoms with van der Waals surface area (Å²) in [4.78, 5) is 12.4. The fraction of sp³-hybridized carbons (Fsp3) is 0.808. The number of aliphatic hydroxyl groups is 1. The highest BCUT2D eigenvalue weighted by atomic mass is 19.1. The molecule has 32 heavy (non-hydrogen) atoms. The van der Waals surface area contributed by atoms with E-state index in [-0.39, 0.29) is 18.5 Å². The predicted molar refractivity (Wildman–Crippen MR) is 124 cm³/mol. The molecular formula is C26H43FO5. The molecule has 0 aromatic heterocycles. The van der Waals surface area contributed by atoms with Crippen molar-refractivity contribution in [2.24, 2.45) is 11.8 Å². The van der Waals surface area contributed by atoms with Crippen molar-refractivity contribution in [1.29, 1.82) is 0 Å². The second-order valence-electron chi connectivity index (χ2n) is 9.26. The van der Waals surface area contributed by atoms with Crippen molar-refractivity contribution in [2.45, 2.75) is 108 Å². The van der Waals surface area contributed by atoms with Gasteiger partial charge in [0.15, 0.2) is 11.9 Å². The Morgan fingerprint density at radius 2 is 1.97 bits per heavy atom. The number of alkyl halides is 1. The molecule has 5 nitrogen and oxygen atoms in total. The maximum atomic E-state index is 12.4. The number of unbranched alkanes of at least 4 members (excludes halogenated alkanes) is 4. The molecule has 184 valence electrons. The summed E-state index contributed by atoms with van der Waals surface area (Å²) in [6.45, 7) is 2.39. The first kappa shape index (κ1) is 27.0. The van der Waals surface area contributed by atoms with Crippen LogP contribution in [-0.2, 0) is 14.3 Å². The van der Waals surface area contributed by atoms with Gasteiger partial charge < -0.3 is 19.7 Å². The molecule has 0 bridgehead atoms. The topological polar surface area (TPSA) is 76.0 Å². The van der Waals surface area contributed by atoms with Crippen molar-refractivity contribution in [1.82, 2.24) is 0 Å². The molecular weight excluding hydrogens is 411 g/mol. The Morgan fingerprint density at radius 3 is 2.66 bits per heavy atom. The highest BCUT2D eigenvalue weighted by molar-refractivity contribution is 5.78. The van der Waals surface area contributed by atoms with Crippen molar-refractivity contribution < 1.29 is 28.9 Å². The second kappa shape index (κ2) is 14.8. The summed E-state index contributed by atoms with van der Waals surface area (Å²) < 4.78 is 23.9. The van der Waals surface area contributed by atoms with Crippen LogP contribution in [0.25, 0.3) is 0 Å². The number of rotatable bonds is 15. The monoisotopic (exact) mass is 454 g/mol. The number of hydrogen-bond acceptors (Lipinski definition) is 4. The molecule has 1 aliphatic carbocycles. The van der Waals surface area contributed by atoms with Crippen molar-refractivity contribution in [2.75, 3.05) is 13.3 Å². The van der Waals surface area contributed by atoms with Crippen LogP contribution < -0.4 is 0 Å². The van der Waals surface area contributed by atoms with Crippen LogP contribution in [0.5, 0.6) is 0 Å². The average Bonchev–Trinajstić information content (AvgIpc) is 3.27. The van der Waals surface area contributed by atoms with Crippen LogP contribution in [0.3, 0.4) is 0 Å². The lowest BCUT2D eigenvalue weighted by atomic mass is 9.79. The quantitative estimate of drug-likeness (QED) is 0.236. The van der Waals surface area contributed by atoms with E-state index in [9.17, 15) is 19.4 Å². The molecule has 5 atom stereocenters. The zero-order valence-electron chi connectivity index (χ0n) is 19.7. The fourth-order valence-electron chi connectivity index (χ4n) is 4.89. The molecule has 2 aliphatic rings. The van der Waals surface area contributed by atoms with Gasteiger partial charge in [-0.1, -0.05) is 44.1 Å². The summed E-state index contributed by atoms with van der Waals surface area (Å²) >= 11 is 0. The van der Waals surface area contributed by atoms with Crippen LogP contribution in [0.1, 0.15) is 90.4 Å². The van der Waals surface area contributed by atoms with E-state index in [1.54, 1.807) is 0 Å². The number of hydrogen-bond donors (Lipinski definition) is 2. The van der Waals surface area contributed by atoms with Gasteiger partial charge >= 0.3 is 5.97 Å². The molecule has 2 fully saturated rings. The van der Waals surface area contributed by atoms with E-state index >= 15 is 0 Å². The Balaban J connectivity index is 2.00. The summed E-state index contributed by atoms with van der Waals surface area (Å²) in [7, 11) is 0. The largest absolute Gasteiger partial charge is 0.479 e. The third-order valence-electron chi connectivity index (χ3n) is 6.80. The molecule has 0 aromatic carbocycles. The van der Waals surface area contributed by atoms with Crippen molar-refractivity contribution in [3.05, 3.63) is 24.3 Å². The lowest BCUT2D eigenvalue weighted by molar-refractivity contribution is -0.240. The van der Waals surface area contributed by atoms with E-state index in [0.717, 1.165) is 57.8 Å². The molecule has 1 saturated carbocycles. The van der Waals surface area contributed by atoms with E-state index in [0.29, 0.717) is 32.3 Å². The number of carboxylic acid groups (broad SMARTS) is 1. The number of ether oxygens (including phenoxy) is 2. The zero-order chi connectivity index (χ0) is 23.2. The molecule has 0 amide bonds. The van der Waals surface area contributed by atoms with E-state index in [1.807, 2.05) is 19.1 Å². The lowest BCUT2D eigenvalue weighted by Crippen LogP contribution is -2.56. The molecule has 0 aromatic rings. The Labute approximate surface area is 193 Å². The number of carbonyl (C=O) groups is 1. The van der Waals surface area contributed by atoms with Crippen LogP contribution in [0.4, 0.5) is 4.39 Å². The molecule has 6 heteroatoms. The van der Waals surface area contributed by atoms with Gasteiger partial charge in [-0.2, -0.15) is 0 Å². The van der Waals surface area contributed by atoms with Gasteiger partial charge in [0, 0.05) is 12.5 Å². The highest BCUT2D eigenvalue weighted by Crippen LogP contribution is 2.42. The minimum Gasteiger partial charge on any atom is -0.479 e.